The molecule has 4 aliphatic carbocycles. The van der Waals surface area contributed by atoms with Gasteiger partial charge in [0.1, 0.15) is 6.10 Å². The maximum atomic E-state index is 12.5. The number of aliphatic hydroxyl groups excluding tert-OH is 1. The maximum Gasteiger partial charge on any atom is 0.303 e. The molecule has 0 spiro atoms. The lowest BCUT2D eigenvalue weighted by Crippen LogP contribution is -2.68. The number of aliphatic hydroxyl groups is 1. The lowest BCUT2D eigenvalue weighted by atomic mass is 9.41. The van der Waals surface area contributed by atoms with Crippen LogP contribution in [0, 0.1) is 45.8 Å². The number of ether oxygens (including phenoxy) is 2. The highest BCUT2D eigenvalue weighted by atomic mass is 16.5. The molecule has 1 N–H and O–H groups in total. The summed E-state index contributed by atoms with van der Waals surface area (Å²) < 4.78 is 13.0. The minimum absolute atomic E-state index is 0.0169. The molecule has 0 aromatic rings. The molecule has 0 aromatic carbocycles. The highest BCUT2D eigenvalue weighted by Gasteiger charge is 2.71. The van der Waals surface area contributed by atoms with Crippen molar-refractivity contribution in [2.75, 3.05) is 7.11 Å². The van der Waals surface area contributed by atoms with Gasteiger partial charge in [-0.05, 0) is 98.9 Å². The number of methoxy groups -OCH3 is 1. The van der Waals surface area contributed by atoms with Crippen LogP contribution in [-0.2, 0) is 14.3 Å². The highest BCUT2D eigenvalue weighted by molar-refractivity contribution is 5.66. The molecule has 0 radical (unpaired) electrons. The normalized spacial score (nSPS) is 44.0. The first-order valence-electron chi connectivity index (χ1n) is 14.9. The predicted octanol–water partition coefficient (Wildman–Crippen LogP) is 7.50. The van der Waals surface area contributed by atoms with Gasteiger partial charge in [0.25, 0.3) is 0 Å². The van der Waals surface area contributed by atoms with Gasteiger partial charge >= 0.3 is 5.97 Å². The Morgan fingerprint density at radius 2 is 1.76 bits per heavy atom. The number of hydrogen-bond acceptors (Lipinski definition) is 4. The number of carbonyl (C=O) groups excluding carboxylic acids is 1. The summed E-state index contributed by atoms with van der Waals surface area (Å²) in [7, 11) is 1.92. The largest absolute Gasteiger partial charge is 0.458 e. The monoisotopic (exact) mass is 514 g/mol. The Morgan fingerprint density at radius 1 is 1.08 bits per heavy atom. The molecular weight excluding hydrogens is 460 g/mol. The van der Waals surface area contributed by atoms with Crippen LogP contribution in [0.1, 0.15) is 107 Å². The van der Waals surface area contributed by atoms with Crippen molar-refractivity contribution in [2.24, 2.45) is 45.8 Å². The zero-order valence-corrected chi connectivity index (χ0v) is 25.3. The molecule has 210 valence electrons. The van der Waals surface area contributed by atoms with E-state index in [0.717, 1.165) is 38.5 Å². The predicted molar refractivity (Wildman–Crippen MR) is 150 cm³/mol. The van der Waals surface area contributed by atoms with Gasteiger partial charge in [0.15, 0.2) is 0 Å². The van der Waals surface area contributed by atoms with Crippen molar-refractivity contribution in [1.29, 1.82) is 0 Å². The van der Waals surface area contributed by atoms with Crippen LogP contribution in [0.4, 0.5) is 0 Å². The Morgan fingerprint density at radius 3 is 2.35 bits per heavy atom. The summed E-state index contributed by atoms with van der Waals surface area (Å²) in [5, 5.41) is 10.7. The minimum Gasteiger partial charge on any atom is -0.458 e. The molecular formula is C33H54O4. The van der Waals surface area contributed by atoms with Gasteiger partial charge in [0.05, 0.1) is 11.7 Å². The molecule has 0 heterocycles. The Balaban J connectivity index is 1.78. The van der Waals surface area contributed by atoms with Gasteiger partial charge in [0.2, 0.25) is 0 Å². The zero-order chi connectivity index (χ0) is 27.6. The van der Waals surface area contributed by atoms with Gasteiger partial charge in [-0.25, -0.2) is 0 Å². The van der Waals surface area contributed by atoms with Gasteiger partial charge in [-0.1, -0.05) is 58.8 Å². The molecule has 0 bridgehead atoms. The number of fused-ring (bicyclic) bond motifs is 5. The Hall–Kier alpha value is -1.13. The van der Waals surface area contributed by atoms with Gasteiger partial charge in [0, 0.05) is 25.9 Å². The molecule has 0 amide bonds. The molecule has 4 nitrogen and oxygen atoms in total. The fraction of sp³-hybridized carbons (Fsp3) is 0.848. The summed E-state index contributed by atoms with van der Waals surface area (Å²) in [5.41, 5.74) is 2.46. The first kappa shape index (κ1) is 28.9. The smallest absolute Gasteiger partial charge is 0.303 e. The number of carbonyl (C=O) groups is 1. The molecule has 3 fully saturated rings. The lowest BCUT2D eigenvalue weighted by Gasteiger charge is -2.67. The third-order valence-corrected chi connectivity index (χ3v) is 12.4. The molecule has 0 unspecified atom stereocenters. The number of esters is 1. The topological polar surface area (TPSA) is 55.8 Å². The quantitative estimate of drug-likeness (QED) is 0.294. The summed E-state index contributed by atoms with van der Waals surface area (Å²) in [6.07, 6.45) is 11.3. The second kappa shape index (κ2) is 9.81. The van der Waals surface area contributed by atoms with Crippen molar-refractivity contribution >= 4 is 5.97 Å². The SMILES string of the molecule is CO[C@@]12CC[C@]3(C)[C@@H]([C@H](C)C[C@@H](O)C=C(C)C)CC[C@@]3(C)[C@@H]1[C@@H](OC(C)=O)C=C1[C@H]2CC[C@H](C)C1(C)C. The average Bonchev–Trinajstić information content (AvgIpc) is 3.06. The summed E-state index contributed by atoms with van der Waals surface area (Å²) in [4.78, 5) is 12.5. The molecule has 0 aromatic heterocycles. The Labute approximate surface area is 226 Å². The molecule has 0 saturated heterocycles. The number of allylic oxidation sites excluding steroid dienone is 1. The summed E-state index contributed by atoms with van der Waals surface area (Å²) >= 11 is 0. The Kier molecular flexibility index (Phi) is 7.65. The van der Waals surface area contributed by atoms with E-state index in [2.05, 4.69) is 61.5 Å². The molecule has 0 aliphatic heterocycles. The third kappa shape index (κ3) is 4.37. The fourth-order valence-corrected chi connectivity index (χ4v) is 10.00. The minimum atomic E-state index is -0.391. The molecule has 3 saturated carbocycles. The molecule has 37 heavy (non-hydrogen) atoms. The summed E-state index contributed by atoms with van der Waals surface area (Å²) in [6, 6.07) is 0. The van der Waals surface area contributed by atoms with E-state index >= 15 is 0 Å². The molecule has 4 heteroatoms. The van der Waals surface area contributed by atoms with E-state index in [4.69, 9.17) is 9.47 Å². The zero-order valence-electron chi connectivity index (χ0n) is 25.3. The van der Waals surface area contributed by atoms with Crippen LogP contribution in [0.5, 0.6) is 0 Å². The standard InChI is InChI=1S/C33H54O4/c1-20(2)17-24(35)18-21(3)25-13-14-32(9)29-28(37-23(5)34)19-27-26(12-11-22(4)30(27,6)7)33(29,36-10)16-15-31(25,32)8/h17,19,21-22,24-26,28-29,35H,11-16,18H2,1-10H3/t21-,22+,24+,25-,26-,28+,29+,31-,32+,33-/m1/s1. The van der Waals surface area contributed by atoms with Gasteiger partial charge in [-0.2, -0.15) is 0 Å². The van der Waals surface area contributed by atoms with E-state index in [-0.39, 0.29) is 39.8 Å². The first-order chi connectivity index (χ1) is 17.1. The fourth-order valence-electron chi connectivity index (χ4n) is 10.00. The number of hydrogen-bond donors (Lipinski definition) is 1. The van der Waals surface area contributed by atoms with Crippen LogP contribution in [0.25, 0.3) is 0 Å². The van der Waals surface area contributed by atoms with E-state index < -0.39 is 6.10 Å². The third-order valence-electron chi connectivity index (χ3n) is 12.4. The Bertz CT molecular complexity index is 944. The van der Waals surface area contributed by atoms with E-state index in [1.807, 2.05) is 13.2 Å². The maximum absolute atomic E-state index is 12.5. The van der Waals surface area contributed by atoms with Crippen molar-refractivity contribution in [2.45, 2.75) is 125 Å². The molecule has 4 rings (SSSR count). The first-order valence-corrected chi connectivity index (χ1v) is 14.9. The van der Waals surface area contributed by atoms with Crippen molar-refractivity contribution in [3.63, 3.8) is 0 Å². The van der Waals surface area contributed by atoms with Crippen LogP contribution in [0.15, 0.2) is 23.3 Å². The van der Waals surface area contributed by atoms with E-state index in [1.54, 1.807) is 6.92 Å². The lowest BCUT2D eigenvalue weighted by molar-refractivity contribution is -0.238. The van der Waals surface area contributed by atoms with Gasteiger partial charge < -0.3 is 14.6 Å². The molecule has 4 aliphatic rings. The molecule has 10 atom stereocenters. The van der Waals surface area contributed by atoms with Crippen LogP contribution < -0.4 is 0 Å². The van der Waals surface area contributed by atoms with Crippen molar-refractivity contribution in [3.05, 3.63) is 23.3 Å². The van der Waals surface area contributed by atoms with Crippen LogP contribution >= 0.6 is 0 Å². The van der Waals surface area contributed by atoms with Gasteiger partial charge in [-0.15, -0.1) is 0 Å². The van der Waals surface area contributed by atoms with Crippen molar-refractivity contribution in [1.82, 2.24) is 0 Å². The van der Waals surface area contributed by atoms with E-state index in [1.165, 1.54) is 17.6 Å². The average molecular weight is 515 g/mol. The van der Waals surface area contributed by atoms with Crippen LogP contribution in [-0.4, -0.2) is 36.0 Å². The second-order valence-corrected chi connectivity index (χ2v) is 14.6. The van der Waals surface area contributed by atoms with Crippen molar-refractivity contribution < 1.29 is 19.4 Å². The summed E-state index contributed by atoms with van der Waals surface area (Å²) in [5.74, 6) is 1.84. The van der Waals surface area contributed by atoms with Crippen LogP contribution in [0.2, 0.25) is 0 Å². The van der Waals surface area contributed by atoms with Crippen LogP contribution in [0.3, 0.4) is 0 Å². The highest BCUT2D eigenvalue weighted by Crippen LogP contribution is 2.73. The van der Waals surface area contributed by atoms with Gasteiger partial charge in [-0.3, -0.25) is 4.79 Å². The number of rotatable bonds is 6. The van der Waals surface area contributed by atoms with Crippen molar-refractivity contribution in [3.8, 4) is 0 Å². The van der Waals surface area contributed by atoms with E-state index in [0.29, 0.717) is 23.7 Å². The summed E-state index contributed by atoms with van der Waals surface area (Å²) in [6.45, 7) is 20.1. The second-order valence-electron chi connectivity index (χ2n) is 14.6. The van der Waals surface area contributed by atoms with E-state index in [9.17, 15) is 9.90 Å².